The van der Waals surface area contributed by atoms with E-state index in [0.717, 1.165) is 43.6 Å². The van der Waals surface area contributed by atoms with Gasteiger partial charge in [-0.1, -0.05) is 32.1 Å². The summed E-state index contributed by atoms with van der Waals surface area (Å²) in [6, 6.07) is 0.358. The average Bonchev–Trinajstić information content (AvgIpc) is 3.12. The summed E-state index contributed by atoms with van der Waals surface area (Å²) >= 11 is 0. The largest absolute Gasteiger partial charge is 0.354 e. The molecule has 2 aromatic rings. The Hall–Kier alpha value is -2.18. The Morgan fingerprint density at radius 1 is 1.04 bits per heavy atom. The van der Waals surface area contributed by atoms with Crippen LogP contribution in [0.1, 0.15) is 57.8 Å². The van der Waals surface area contributed by atoms with Gasteiger partial charge < -0.3 is 15.2 Å². The Bertz CT molecular complexity index is 736. The third kappa shape index (κ3) is 3.81. The van der Waals surface area contributed by atoms with Gasteiger partial charge in [0.25, 0.3) is 0 Å². The Balaban J connectivity index is 1.41. The lowest BCUT2D eigenvalue weighted by Gasteiger charge is -2.34. The molecule has 0 spiro atoms. The van der Waals surface area contributed by atoms with Crippen LogP contribution in [0.5, 0.6) is 0 Å². The summed E-state index contributed by atoms with van der Waals surface area (Å²) in [5.41, 5.74) is 1.53. The van der Waals surface area contributed by atoms with Crippen LogP contribution in [0.3, 0.4) is 0 Å². The van der Waals surface area contributed by atoms with Crippen molar-refractivity contribution in [3.8, 4) is 0 Å². The van der Waals surface area contributed by atoms with Crippen LogP contribution in [-0.4, -0.2) is 45.0 Å². The van der Waals surface area contributed by atoms with Gasteiger partial charge in [0.1, 0.15) is 11.8 Å². The van der Waals surface area contributed by atoms with E-state index in [1.807, 2.05) is 0 Å². The van der Waals surface area contributed by atoms with E-state index in [-0.39, 0.29) is 11.8 Å². The van der Waals surface area contributed by atoms with Crippen LogP contribution in [0, 0.1) is 5.92 Å². The predicted octanol–water partition coefficient (Wildman–Crippen LogP) is 2.80. The topological polar surface area (TPSA) is 86.8 Å². The highest BCUT2D eigenvalue weighted by molar-refractivity contribution is 5.84. The number of carbonyl (C=O) groups excluding carboxylic acids is 1. The number of rotatable bonds is 3. The zero-order valence-electron chi connectivity index (χ0n) is 15.3. The standard InChI is InChI=1S/C19H28N6O/c26-19(24-15-8-4-2-1-3-5-9-15)14-7-6-10-25(11-14)18-16-17(21-12-20-16)22-13-23-18/h12-15H,1-11H2,(H,24,26)(H,20,21,22,23). The second kappa shape index (κ2) is 8.01. The molecule has 1 amide bonds. The van der Waals surface area contributed by atoms with Crippen molar-refractivity contribution < 1.29 is 4.79 Å². The van der Waals surface area contributed by atoms with Crippen LogP contribution in [0.4, 0.5) is 5.82 Å². The zero-order chi connectivity index (χ0) is 17.8. The van der Waals surface area contributed by atoms with E-state index in [9.17, 15) is 4.79 Å². The highest BCUT2D eigenvalue weighted by atomic mass is 16.2. The van der Waals surface area contributed by atoms with Crippen LogP contribution >= 0.6 is 0 Å². The lowest BCUT2D eigenvalue weighted by atomic mass is 9.94. The van der Waals surface area contributed by atoms with Crippen LogP contribution in [0.15, 0.2) is 12.7 Å². The van der Waals surface area contributed by atoms with Crippen molar-refractivity contribution >= 4 is 22.9 Å². The molecule has 2 fully saturated rings. The number of anilines is 1. The molecule has 7 heteroatoms. The van der Waals surface area contributed by atoms with E-state index in [0.29, 0.717) is 18.2 Å². The minimum Gasteiger partial charge on any atom is -0.354 e. The number of H-pyrrole nitrogens is 1. The van der Waals surface area contributed by atoms with Crippen LogP contribution < -0.4 is 10.2 Å². The van der Waals surface area contributed by atoms with Gasteiger partial charge in [-0.3, -0.25) is 4.79 Å². The molecule has 1 aliphatic carbocycles. The number of nitrogens with one attached hydrogen (secondary N) is 2. The van der Waals surface area contributed by atoms with Gasteiger partial charge in [0.05, 0.1) is 12.2 Å². The van der Waals surface area contributed by atoms with E-state index >= 15 is 0 Å². The fraction of sp³-hybridized carbons (Fsp3) is 0.684. The summed E-state index contributed by atoms with van der Waals surface area (Å²) in [5, 5.41) is 3.34. The van der Waals surface area contributed by atoms with Crippen molar-refractivity contribution in [2.45, 2.75) is 63.8 Å². The van der Waals surface area contributed by atoms with Crippen molar-refractivity contribution in [1.82, 2.24) is 25.3 Å². The Labute approximate surface area is 154 Å². The van der Waals surface area contributed by atoms with E-state index in [1.165, 1.54) is 32.1 Å². The number of fused-ring (bicyclic) bond motifs is 1. The van der Waals surface area contributed by atoms with Crippen molar-refractivity contribution in [3.05, 3.63) is 12.7 Å². The van der Waals surface area contributed by atoms with Gasteiger partial charge in [0.15, 0.2) is 11.5 Å². The number of amides is 1. The predicted molar refractivity (Wildman–Crippen MR) is 101 cm³/mol. The summed E-state index contributed by atoms with van der Waals surface area (Å²) in [6.45, 7) is 1.63. The Morgan fingerprint density at radius 3 is 2.69 bits per heavy atom. The Kier molecular flexibility index (Phi) is 5.32. The van der Waals surface area contributed by atoms with Crippen molar-refractivity contribution in [2.24, 2.45) is 5.92 Å². The lowest BCUT2D eigenvalue weighted by molar-refractivity contribution is -0.126. The number of imidazole rings is 1. The molecule has 2 N–H and O–H groups in total. The summed E-state index contributed by atoms with van der Waals surface area (Å²) in [6.07, 6.45) is 13.8. The molecule has 1 aliphatic heterocycles. The molecule has 0 bridgehead atoms. The lowest BCUT2D eigenvalue weighted by Crippen LogP contribution is -2.46. The van der Waals surface area contributed by atoms with Gasteiger partial charge in [0.2, 0.25) is 5.91 Å². The number of piperidine rings is 1. The summed E-state index contributed by atoms with van der Waals surface area (Å²) < 4.78 is 0. The molecule has 26 heavy (non-hydrogen) atoms. The first-order chi connectivity index (χ1) is 12.8. The molecule has 3 heterocycles. The molecular weight excluding hydrogens is 328 g/mol. The number of hydrogen-bond donors (Lipinski definition) is 2. The molecular formula is C19H28N6O. The number of nitrogens with zero attached hydrogens (tertiary/aromatic N) is 4. The van der Waals surface area contributed by atoms with E-state index in [1.54, 1.807) is 12.7 Å². The van der Waals surface area contributed by atoms with E-state index < -0.39 is 0 Å². The normalized spacial score (nSPS) is 22.8. The van der Waals surface area contributed by atoms with Gasteiger partial charge >= 0.3 is 0 Å². The van der Waals surface area contributed by atoms with Crippen molar-refractivity contribution in [3.63, 3.8) is 0 Å². The number of aromatic amines is 1. The molecule has 4 rings (SSSR count). The number of hydrogen-bond acceptors (Lipinski definition) is 5. The minimum absolute atomic E-state index is 0.0297. The molecule has 0 radical (unpaired) electrons. The fourth-order valence-electron chi connectivity index (χ4n) is 4.30. The van der Waals surface area contributed by atoms with Gasteiger partial charge in [-0.15, -0.1) is 0 Å². The Morgan fingerprint density at radius 2 is 1.85 bits per heavy atom. The molecule has 140 valence electrons. The van der Waals surface area contributed by atoms with Crippen molar-refractivity contribution in [1.29, 1.82) is 0 Å². The third-order valence-corrected chi connectivity index (χ3v) is 5.75. The summed E-state index contributed by atoms with van der Waals surface area (Å²) in [7, 11) is 0. The minimum atomic E-state index is 0.0297. The highest BCUT2D eigenvalue weighted by Crippen LogP contribution is 2.26. The monoisotopic (exact) mass is 356 g/mol. The maximum absolute atomic E-state index is 12.9. The van der Waals surface area contributed by atoms with Crippen LogP contribution in [0.25, 0.3) is 11.2 Å². The SMILES string of the molecule is O=C(NC1CCCCCCC1)C1CCCN(c2ncnc3nc[nH]c23)C1. The first-order valence-corrected chi connectivity index (χ1v) is 10.0. The molecule has 2 aromatic heterocycles. The molecule has 2 aliphatic rings. The summed E-state index contributed by atoms with van der Waals surface area (Å²) in [4.78, 5) is 31.0. The zero-order valence-corrected chi connectivity index (χ0v) is 15.3. The second-order valence-electron chi connectivity index (χ2n) is 7.63. The molecule has 1 saturated carbocycles. The smallest absolute Gasteiger partial charge is 0.225 e. The fourth-order valence-corrected chi connectivity index (χ4v) is 4.30. The van der Waals surface area contributed by atoms with E-state index in [4.69, 9.17) is 0 Å². The molecule has 7 nitrogen and oxygen atoms in total. The first kappa shape index (κ1) is 17.2. The van der Waals surface area contributed by atoms with E-state index in [2.05, 4.69) is 30.2 Å². The second-order valence-corrected chi connectivity index (χ2v) is 7.63. The maximum atomic E-state index is 12.9. The van der Waals surface area contributed by atoms with Crippen LogP contribution in [0.2, 0.25) is 0 Å². The quantitative estimate of drug-likeness (QED) is 0.883. The molecule has 0 aromatic carbocycles. The van der Waals surface area contributed by atoms with Gasteiger partial charge in [-0.2, -0.15) is 0 Å². The van der Waals surface area contributed by atoms with Gasteiger partial charge in [-0.05, 0) is 25.7 Å². The van der Waals surface area contributed by atoms with Crippen LogP contribution in [-0.2, 0) is 4.79 Å². The van der Waals surface area contributed by atoms with Gasteiger partial charge in [0, 0.05) is 19.1 Å². The van der Waals surface area contributed by atoms with Crippen molar-refractivity contribution in [2.75, 3.05) is 18.0 Å². The average molecular weight is 356 g/mol. The number of aromatic nitrogens is 4. The third-order valence-electron chi connectivity index (χ3n) is 5.75. The highest BCUT2D eigenvalue weighted by Gasteiger charge is 2.29. The molecule has 1 saturated heterocycles. The van der Waals surface area contributed by atoms with Gasteiger partial charge in [-0.25, -0.2) is 15.0 Å². The molecule has 1 atom stereocenters. The number of carbonyl (C=O) groups is 1. The first-order valence-electron chi connectivity index (χ1n) is 10.0. The summed E-state index contributed by atoms with van der Waals surface area (Å²) in [5.74, 6) is 1.10. The molecule has 1 unspecified atom stereocenters. The maximum Gasteiger partial charge on any atom is 0.225 e.